The Bertz CT molecular complexity index is 161. The van der Waals surface area contributed by atoms with Gasteiger partial charge in [-0.05, 0) is 20.8 Å². The number of halogens is 1. The fraction of sp³-hybridized carbons (Fsp3) is 0.889. The van der Waals surface area contributed by atoms with Crippen molar-refractivity contribution in [1.82, 2.24) is 0 Å². The monoisotopic (exact) mass is 224 g/mol. The van der Waals surface area contributed by atoms with Crippen LogP contribution in [0.5, 0.6) is 0 Å². The van der Waals surface area contributed by atoms with Crippen molar-refractivity contribution in [2.24, 2.45) is 0 Å². The minimum absolute atomic E-state index is 0.236. The van der Waals surface area contributed by atoms with Gasteiger partial charge in [-0.15, -0.1) is 11.6 Å². The van der Waals surface area contributed by atoms with Crippen molar-refractivity contribution in [3.8, 4) is 0 Å². The van der Waals surface area contributed by atoms with Crippen LogP contribution in [0.2, 0.25) is 0 Å². The smallest absolute Gasteiger partial charge is 0.326 e. The van der Waals surface area contributed by atoms with Gasteiger partial charge in [0, 0.05) is 13.2 Å². The van der Waals surface area contributed by atoms with Gasteiger partial charge in [0.05, 0.1) is 0 Å². The van der Waals surface area contributed by atoms with Crippen LogP contribution in [0.3, 0.4) is 0 Å². The first-order valence-corrected chi connectivity index (χ1v) is 5.09. The molecule has 0 aliphatic carbocycles. The predicted molar refractivity (Wildman–Crippen MR) is 53.3 cm³/mol. The van der Waals surface area contributed by atoms with Gasteiger partial charge >= 0.3 is 5.97 Å². The van der Waals surface area contributed by atoms with E-state index < -0.39 is 17.6 Å². The normalized spacial score (nSPS) is 14.9. The minimum Gasteiger partial charge on any atom is -0.432 e. The summed E-state index contributed by atoms with van der Waals surface area (Å²) in [6, 6.07) is 0. The Kier molecular flexibility index (Phi) is 7.84. The number of rotatable bonds is 7. The highest BCUT2D eigenvalue weighted by atomic mass is 35.5. The molecule has 84 valence electrons. The molecule has 0 aliphatic heterocycles. The lowest BCUT2D eigenvalue weighted by atomic mass is 10.5. The van der Waals surface area contributed by atoms with Crippen LogP contribution in [0.15, 0.2) is 0 Å². The van der Waals surface area contributed by atoms with E-state index in [-0.39, 0.29) is 6.61 Å². The SMILES string of the molecule is CCOCC(OCC)OC(=O)C(C)Cl. The third-order valence-corrected chi connectivity index (χ3v) is 1.56. The molecule has 0 heterocycles. The Morgan fingerprint density at radius 3 is 2.43 bits per heavy atom. The van der Waals surface area contributed by atoms with E-state index in [0.29, 0.717) is 13.2 Å². The van der Waals surface area contributed by atoms with E-state index in [9.17, 15) is 4.79 Å². The van der Waals surface area contributed by atoms with Gasteiger partial charge in [0.25, 0.3) is 0 Å². The number of esters is 1. The summed E-state index contributed by atoms with van der Waals surface area (Å²) in [6.45, 7) is 6.47. The van der Waals surface area contributed by atoms with E-state index in [4.69, 9.17) is 25.8 Å². The zero-order valence-electron chi connectivity index (χ0n) is 8.79. The first kappa shape index (κ1) is 13.7. The average Bonchev–Trinajstić information content (AvgIpc) is 2.14. The molecule has 4 nitrogen and oxygen atoms in total. The molecule has 0 saturated carbocycles. The molecule has 2 unspecified atom stereocenters. The van der Waals surface area contributed by atoms with E-state index >= 15 is 0 Å². The maximum Gasteiger partial charge on any atom is 0.326 e. The second kappa shape index (κ2) is 8.03. The highest BCUT2D eigenvalue weighted by Crippen LogP contribution is 2.03. The molecule has 0 spiro atoms. The molecule has 0 bridgehead atoms. The highest BCUT2D eigenvalue weighted by molar-refractivity contribution is 6.29. The molecule has 2 atom stereocenters. The predicted octanol–water partition coefficient (Wildman–Crippen LogP) is 1.56. The van der Waals surface area contributed by atoms with Crippen molar-refractivity contribution in [2.45, 2.75) is 32.4 Å². The standard InChI is InChI=1S/C9H17ClO4/c1-4-12-6-8(13-5-2)14-9(11)7(3)10/h7-8H,4-6H2,1-3H3. The van der Waals surface area contributed by atoms with Gasteiger partial charge in [-0.1, -0.05) is 0 Å². The van der Waals surface area contributed by atoms with Gasteiger partial charge in [-0.2, -0.15) is 0 Å². The zero-order valence-corrected chi connectivity index (χ0v) is 9.54. The largest absolute Gasteiger partial charge is 0.432 e. The molecular formula is C9H17ClO4. The van der Waals surface area contributed by atoms with Crippen molar-refractivity contribution in [3.05, 3.63) is 0 Å². The number of carbonyl (C=O) groups is 1. The van der Waals surface area contributed by atoms with Crippen molar-refractivity contribution >= 4 is 17.6 Å². The molecule has 0 aromatic heterocycles. The first-order valence-electron chi connectivity index (χ1n) is 4.65. The summed E-state index contributed by atoms with van der Waals surface area (Å²) in [7, 11) is 0. The number of carbonyl (C=O) groups excluding carboxylic acids is 1. The van der Waals surface area contributed by atoms with E-state index in [1.807, 2.05) is 13.8 Å². The van der Waals surface area contributed by atoms with Crippen LogP contribution in [-0.2, 0) is 19.0 Å². The van der Waals surface area contributed by atoms with Gasteiger partial charge in [0.1, 0.15) is 12.0 Å². The Labute approximate surface area is 89.5 Å². The summed E-state index contributed by atoms with van der Waals surface area (Å²) in [6.07, 6.45) is -0.659. The van der Waals surface area contributed by atoms with Gasteiger partial charge in [0.15, 0.2) is 0 Å². The maximum absolute atomic E-state index is 11.1. The lowest BCUT2D eigenvalue weighted by Gasteiger charge is -2.17. The number of ether oxygens (including phenoxy) is 3. The Hall–Kier alpha value is -0.320. The van der Waals surface area contributed by atoms with Crippen molar-refractivity contribution in [1.29, 1.82) is 0 Å². The van der Waals surface area contributed by atoms with E-state index in [1.54, 1.807) is 6.92 Å². The van der Waals surface area contributed by atoms with E-state index in [1.165, 1.54) is 0 Å². The third kappa shape index (κ3) is 6.18. The summed E-state index contributed by atoms with van der Waals surface area (Å²) < 4.78 is 15.2. The van der Waals surface area contributed by atoms with Crippen LogP contribution in [0.1, 0.15) is 20.8 Å². The molecule has 14 heavy (non-hydrogen) atoms. The van der Waals surface area contributed by atoms with Crippen LogP contribution in [0, 0.1) is 0 Å². The van der Waals surface area contributed by atoms with Gasteiger partial charge in [-0.25, -0.2) is 0 Å². The van der Waals surface area contributed by atoms with Crippen molar-refractivity contribution in [2.75, 3.05) is 19.8 Å². The molecule has 0 aromatic rings. The summed E-state index contributed by atoms with van der Waals surface area (Å²) in [5.41, 5.74) is 0. The Morgan fingerprint density at radius 1 is 1.36 bits per heavy atom. The fourth-order valence-corrected chi connectivity index (χ4v) is 0.791. The van der Waals surface area contributed by atoms with Gasteiger partial charge in [0.2, 0.25) is 6.29 Å². The van der Waals surface area contributed by atoms with Crippen molar-refractivity contribution < 1.29 is 19.0 Å². The summed E-state index contributed by atoms with van der Waals surface area (Å²) in [5.74, 6) is -0.496. The number of alkyl halides is 1. The zero-order chi connectivity index (χ0) is 11.0. The van der Waals surface area contributed by atoms with Crippen LogP contribution in [-0.4, -0.2) is 37.5 Å². The first-order chi connectivity index (χ1) is 6.61. The van der Waals surface area contributed by atoms with Crippen LogP contribution in [0.25, 0.3) is 0 Å². The third-order valence-electron chi connectivity index (χ3n) is 1.38. The molecule has 0 aromatic carbocycles. The lowest BCUT2D eigenvalue weighted by molar-refractivity contribution is -0.188. The molecule has 0 saturated heterocycles. The molecule has 0 rings (SSSR count). The second-order valence-electron chi connectivity index (χ2n) is 2.60. The summed E-state index contributed by atoms with van der Waals surface area (Å²) in [4.78, 5) is 11.1. The molecule has 0 N–H and O–H groups in total. The maximum atomic E-state index is 11.1. The molecule has 0 aliphatic rings. The quantitative estimate of drug-likeness (QED) is 0.374. The van der Waals surface area contributed by atoms with Gasteiger partial charge < -0.3 is 14.2 Å². The lowest BCUT2D eigenvalue weighted by Crippen LogP contribution is -2.29. The Morgan fingerprint density at radius 2 is 2.00 bits per heavy atom. The second-order valence-corrected chi connectivity index (χ2v) is 3.25. The topological polar surface area (TPSA) is 44.8 Å². The average molecular weight is 225 g/mol. The van der Waals surface area contributed by atoms with Crippen molar-refractivity contribution in [3.63, 3.8) is 0 Å². The highest BCUT2D eigenvalue weighted by Gasteiger charge is 2.18. The molecule has 0 amide bonds. The molecule has 5 heteroatoms. The summed E-state index contributed by atoms with van der Waals surface area (Å²) in [5, 5.41) is -0.667. The van der Waals surface area contributed by atoms with Crippen LogP contribution < -0.4 is 0 Å². The Balaban J connectivity index is 3.88. The van der Waals surface area contributed by atoms with Crippen LogP contribution in [0.4, 0.5) is 0 Å². The van der Waals surface area contributed by atoms with Gasteiger partial charge in [-0.3, -0.25) is 4.79 Å². The summed E-state index contributed by atoms with van der Waals surface area (Å²) >= 11 is 5.54. The van der Waals surface area contributed by atoms with Crippen LogP contribution >= 0.6 is 11.6 Å². The number of hydrogen-bond donors (Lipinski definition) is 0. The number of hydrogen-bond acceptors (Lipinski definition) is 4. The fourth-order valence-electron chi connectivity index (χ4n) is 0.739. The van der Waals surface area contributed by atoms with E-state index in [2.05, 4.69) is 0 Å². The van der Waals surface area contributed by atoms with E-state index in [0.717, 1.165) is 0 Å². The molecular weight excluding hydrogens is 208 g/mol. The minimum atomic E-state index is -0.667. The molecule has 0 radical (unpaired) electrons. The molecule has 0 fully saturated rings.